The molecular formula is C22H42O5. The van der Waals surface area contributed by atoms with E-state index in [1.807, 2.05) is 0 Å². The summed E-state index contributed by atoms with van der Waals surface area (Å²) in [6.45, 7) is 3.98. The van der Waals surface area contributed by atoms with Crippen LogP contribution in [-0.4, -0.2) is 36.4 Å². The second-order valence-corrected chi connectivity index (χ2v) is 7.39. The number of hydrogen-bond acceptors (Lipinski definition) is 5. The molecule has 0 aromatic heterocycles. The quantitative estimate of drug-likeness (QED) is 0.255. The number of carbonyl (C=O) groups is 2. The van der Waals surface area contributed by atoms with Crippen LogP contribution in [0.25, 0.3) is 0 Å². The second-order valence-electron chi connectivity index (χ2n) is 7.39. The molecule has 0 heterocycles. The van der Waals surface area contributed by atoms with Gasteiger partial charge in [0.1, 0.15) is 6.10 Å². The minimum absolute atomic E-state index is 0.153. The Bertz CT molecular complexity index is 370. The van der Waals surface area contributed by atoms with Crippen LogP contribution in [0.1, 0.15) is 110 Å². The zero-order valence-corrected chi connectivity index (χ0v) is 17.8. The lowest BCUT2D eigenvalue weighted by molar-refractivity contribution is -0.155. The maximum absolute atomic E-state index is 11.7. The van der Waals surface area contributed by atoms with Crippen molar-refractivity contribution in [2.45, 2.75) is 122 Å². The van der Waals surface area contributed by atoms with Crippen molar-refractivity contribution in [1.82, 2.24) is 0 Å². The molecule has 0 radical (unpaired) electrons. The van der Waals surface area contributed by atoms with Crippen molar-refractivity contribution in [3.63, 3.8) is 0 Å². The van der Waals surface area contributed by atoms with Crippen LogP contribution in [0.5, 0.6) is 0 Å². The molecule has 0 spiro atoms. The van der Waals surface area contributed by atoms with Gasteiger partial charge in [-0.2, -0.15) is 0 Å². The van der Waals surface area contributed by atoms with Crippen LogP contribution in [0.3, 0.4) is 0 Å². The van der Waals surface area contributed by atoms with Crippen LogP contribution in [0, 0.1) is 0 Å². The first kappa shape index (κ1) is 25.9. The molecule has 0 saturated heterocycles. The van der Waals surface area contributed by atoms with E-state index in [2.05, 4.69) is 11.7 Å². The molecule has 0 amide bonds. The molecule has 0 aliphatic heterocycles. The fourth-order valence-corrected chi connectivity index (χ4v) is 3.15. The number of rotatable bonds is 18. The largest absolute Gasteiger partial charge is 0.469 e. The lowest BCUT2D eigenvalue weighted by Gasteiger charge is -2.23. The standard InChI is InChI=1S/C22H42O5/c1-4-6-7-8-10-13-16-19(23)20(27-21(24)5-2)17-14-11-9-12-15-18-22(25)26-3/h19-20,23H,4-18H2,1-3H3. The highest BCUT2D eigenvalue weighted by Gasteiger charge is 2.22. The average molecular weight is 387 g/mol. The summed E-state index contributed by atoms with van der Waals surface area (Å²) in [7, 11) is 1.41. The lowest BCUT2D eigenvalue weighted by atomic mass is 9.99. The van der Waals surface area contributed by atoms with Crippen molar-refractivity contribution in [2.24, 2.45) is 0 Å². The van der Waals surface area contributed by atoms with Crippen molar-refractivity contribution in [3.05, 3.63) is 0 Å². The predicted octanol–water partition coefficient (Wildman–Crippen LogP) is 5.32. The minimum Gasteiger partial charge on any atom is -0.469 e. The van der Waals surface area contributed by atoms with E-state index in [9.17, 15) is 14.7 Å². The van der Waals surface area contributed by atoms with E-state index < -0.39 is 6.10 Å². The molecule has 160 valence electrons. The number of hydrogen-bond donors (Lipinski definition) is 1. The van der Waals surface area contributed by atoms with E-state index in [1.54, 1.807) is 6.92 Å². The number of methoxy groups -OCH3 is 1. The van der Waals surface area contributed by atoms with E-state index in [4.69, 9.17) is 4.74 Å². The predicted molar refractivity (Wildman–Crippen MR) is 109 cm³/mol. The number of unbranched alkanes of at least 4 members (excludes halogenated alkanes) is 9. The van der Waals surface area contributed by atoms with Gasteiger partial charge < -0.3 is 14.6 Å². The molecule has 5 heteroatoms. The fourth-order valence-electron chi connectivity index (χ4n) is 3.15. The molecule has 0 aromatic carbocycles. The molecule has 0 rings (SSSR count). The number of esters is 2. The molecule has 2 unspecified atom stereocenters. The van der Waals surface area contributed by atoms with E-state index in [0.717, 1.165) is 44.9 Å². The van der Waals surface area contributed by atoms with Gasteiger partial charge in [-0.15, -0.1) is 0 Å². The normalized spacial score (nSPS) is 13.2. The average Bonchev–Trinajstić information content (AvgIpc) is 2.68. The fraction of sp³-hybridized carbons (Fsp3) is 0.909. The number of aliphatic hydroxyl groups is 1. The summed E-state index contributed by atoms with van der Waals surface area (Å²) in [5, 5.41) is 10.5. The van der Waals surface area contributed by atoms with Crippen LogP contribution in [-0.2, 0) is 19.1 Å². The van der Waals surface area contributed by atoms with Gasteiger partial charge in [-0.05, 0) is 25.7 Å². The van der Waals surface area contributed by atoms with Gasteiger partial charge in [-0.1, -0.05) is 71.6 Å². The molecule has 0 aliphatic carbocycles. The zero-order valence-electron chi connectivity index (χ0n) is 17.8. The van der Waals surface area contributed by atoms with Crippen LogP contribution < -0.4 is 0 Å². The Labute approximate surface area is 166 Å². The summed E-state index contributed by atoms with van der Waals surface area (Å²) in [6, 6.07) is 0. The molecule has 2 atom stereocenters. The van der Waals surface area contributed by atoms with Crippen molar-refractivity contribution in [3.8, 4) is 0 Å². The minimum atomic E-state index is -0.564. The van der Waals surface area contributed by atoms with Gasteiger partial charge in [-0.3, -0.25) is 9.59 Å². The van der Waals surface area contributed by atoms with E-state index >= 15 is 0 Å². The number of aliphatic hydroxyl groups excluding tert-OH is 1. The highest BCUT2D eigenvalue weighted by atomic mass is 16.6. The Morgan fingerprint density at radius 3 is 1.93 bits per heavy atom. The van der Waals surface area contributed by atoms with E-state index in [0.29, 0.717) is 25.7 Å². The highest BCUT2D eigenvalue weighted by molar-refractivity contribution is 5.69. The lowest BCUT2D eigenvalue weighted by Crippen LogP contribution is -2.31. The molecule has 27 heavy (non-hydrogen) atoms. The summed E-state index contributed by atoms with van der Waals surface area (Å²) in [6.07, 6.45) is 13.2. The van der Waals surface area contributed by atoms with Crippen molar-refractivity contribution in [1.29, 1.82) is 0 Å². The summed E-state index contributed by atoms with van der Waals surface area (Å²) in [5.74, 6) is -0.389. The van der Waals surface area contributed by atoms with Crippen molar-refractivity contribution in [2.75, 3.05) is 7.11 Å². The first-order valence-corrected chi connectivity index (χ1v) is 11.0. The Morgan fingerprint density at radius 2 is 1.33 bits per heavy atom. The summed E-state index contributed by atoms with van der Waals surface area (Å²) < 4.78 is 10.1. The Hall–Kier alpha value is -1.10. The third kappa shape index (κ3) is 15.6. The van der Waals surface area contributed by atoms with E-state index in [1.165, 1.54) is 32.8 Å². The first-order chi connectivity index (χ1) is 13.0. The third-order valence-corrected chi connectivity index (χ3v) is 4.95. The Balaban J connectivity index is 4.01. The summed E-state index contributed by atoms with van der Waals surface area (Å²) in [4.78, 5) is 22.7. The third-order valence-electron chi connectivity index (χ3n) is 4.95. The molecule has 0 fully saturated rings. The van der Waals surface area contributed by atoms with Crippen molar-refractivity contribution < 1.29 is 24.2 Å². The number of carbonyl (C=O) groups excluding carboxylic acids is 2. The molecule has 5 nitrogen and oxygen atoms in total. The van der Waals surface area contributed by atoms with Gasteiger partial charge in [0.15, 0.2) is 0 Å². The molecule has 0 aliphatic rings. The van der Waals surface area contributed by atoms with Gasteiger partial charge in [0.05, 0.1) is 13.2 Å². The topological polar surface area (TPSA) is 72.8 Å². The maximum Gasteiger partial charge on any atom is 0.305 e. The molecule has 1 N–H and O–H groups in total. The summed E-state index contributed by atoms with van der Waals surface area (Å²) in [5.41, 5.74) is 0. The van der Waals surface area contributed by atoms with Gasteiger partial charge in [0, 0.05) is 12.8 Å². The second kappa shape index (κ2) is 18.3. The van der Waals surface area contributed by atoms with Crippen molar-refractivity contribution >= 4 is 11.9 Å². The SMILES string of the molecule is CCCCCCCCC(O)C(CCCCCCCC(=O)OC)OC(=O)CC. The Kier molecular flexibility index (Phi) is 17.5. The number of ether oxygens (including phenoxy) is 2. The maximum atomic E-state index is 11.7. The van der Waals surface area contributed by atoms with Crippen LogP contribution in [0.15, 0.2) is 0 Å². The molecule has 0 saturated carbocycles. The summed E-state index contributed by atoms with van der Waals surface area (Å²) >= 11 is 0. The highest BCUT2D eigenvalue weighted by Crippen LogP contribution is 2.18. The first-order valence-electron chi connectivity index (χ1n) is 11.0. The Morgan fingerprint density at radius 1 is 0.778 bits per heavy atom. The molecule has 0 bridgehead atoms. The van der Waals surface area contributed by atoms with Crippen LogP contribution >= 0.6 is 0 Å². The smallest absolute Gasteiger partial charge is 0.305 e. The van der Waals surface area contributed by atoms with Crippen LogP contribution in [0.4, 0.5) is 0 Å². The molecule has 0 aromatic rings. The van der Waals surface area contributed by atoms with Gasteiger partial charge >= 0.3 is 11.9 Å². The monoisotopic (exact) mass is 386 g/mol. The zero-order chi connectivity index (χ0) is 20.3. The van der Waals surface area contributed by atoms with Crippen LogP contribution in [0.2, 0.25) is 0 Å². The van der Waals surface area contributed by atoms with Gasteiger partial charge in [0.2, 0.25) is 0 Å². The van der Waals surface area contributed by atoms with Gasteiger partial charge in [0.25, 0.3) is 0 Å². The molecular weight excluding hydrogens is 344 g/mol. The van der Waals surface area contributed by atoms with Gasteiger partial charge in [-0.25, -0.2) is 0 Å². The van der Waals surface area contributed by atoms with E-state index in [-0.39, 0.29) is 18.0 Å².